The number of aryl methyl sites for hydroxylation is 1. The summed E-state index contributed by atoms with van der Waals surface area (Å²) < 4.78 is 1.85. The van der Waals surface area contributed by atoms with Crippen molar-refractivity contribution in [2.45, 2.75) is 0 Å². The molecule has 0 radical (unpaired) electrons. The average Bonchev–Trinajstić information content (AvgIpc) is 1.77. The molecule has 1 heterocycles. The van der Waals surface area contributed by atoms with Gasteiger partial charge in [0.25, 0.3) is 5.15 Å². The van der Waals surface area contributed by atoms with Crippen LogP contribution in [0.1, 0.15) is 0 Å². The average molecular weight is 165 g/mol. The first-order valence-corrected chi connectivity index (χ1v) is 2.78. The van der Waals surface area contributed by atoms with Gasteiger partial charge in [-0.15, -0.1) is 12.4 Å². The van der Waals surface area contributed by atoms with E-state index in [1.54, 1.807) is 0 Å². The summed E-state index contributed by atoms with van der Waals surface area (Å²) >= 11 is 5.67. The molecule has 0 saturated heterocycles. The Balaban J connectivity index is 0.000000640. The molecule has 0 aliphatic heterocycles. The van der Waals surface area contributed by atoms with Gasteiger partial charge in [0.15, 0.2) is 6.20 Å². The van der Waals surface area contributed by atoms with Crippen LogP contribution >= 0.6 is 24.0 Å². The van der Waals surface area contributed by atoms with Crippen LogP contribution in [0.5, 0.6) is 0 Å². The second kappa shape index (κ2) is 3.70. The molecule has 1 aromatic rings. The number of hydrogen-bond acceptors (Lipinski definition) is 0. The van der Waals surface area contributed by atoms with Crippen LogP contribution in [0.15, 0.2) is 24.4 Å². The summed E-state index contributed by atoms with van der Waals surface area (Å²) in [5, 5.41) is 0.757. The third-order valence-corrected chi connectivity index (χ3v) is 1.38. The standard InChI is InChI=1S/C6H7ClN.ClH/c1-8-5-3-2-4-6(8)7;/h2-5H,1H3;1H/q+1;. The van der Waals surface area contributed by atoms with Gasteiger partial charge in [-0.1, -0.05) is 0 Å². The van der Waals surface area contributed by atoms with Crippen molar-refractivity contribution in [3.05, 3.63) is 29.5 Å². The number of rotatable bonds is 0. The van der Waals surface area contributed by atoms with E-state index in [2.05, 4.69) is 0 Å². The molecule has 1 aromatic heterocycles. The molecule has 50 valence electrons. The Bertz CT molecular complexity index is 167. The Labute approximate surface area is 65.7 Å². The van der Waals surface area contributed by atoms with E-state index >= 15 is 0 Å². The van der Waals surface area contributed by atoms with Gasteiger partial charge in [-0.05, 0) is 17.7 Å². The number of pyridine rings is 1. The maximum Gasteiger partial charge on any atom is 0.274 e. The van der Waals surface area contributed by atoms with Gasteiger partial charge in [-0.25, -0.2) is 0 Å². The van der Waals surface area contributed by atoms with Crippen LogP contribution in [0.2, 0.25) is 5.15 Å². The Morgan fingerprint density at radius 2 is 2.11 bits per heavy atom. The van der Waals surface area contributed by atoms with E-state index in [0.29, 0.717) is 0 Å². The minimum atomic E-state index is 0. The summed E-state index contributed by atoms with van der Waals surface area (Å²) in [7, 11) is 1.91. The molecule has 9 heavy (non-hydrogen) atoms. The highest BCUT2D eigenvalue weighted by Crippen LogP contribution is 1.95. The Kier molecular flexibility index (Phi) is 3.59. The van der Waals surface area contributed by atoms with E-state index in [1.165, 1.54) is 0 Å². The second-order valence-corrected chi connectivity index (χ2v) is 2.02. The first-order valence-electron chi connectivity index (χ1n) is 2.41. The third kappa shape index (κ3) is 2.20. The highest BCUT2D eigenvalue weighted by atomic mass is 35.5. The van der Waals surface area contributed by atoms with Crippen LogP contribution in [0, 0.1) is 0 Å². The van der Waals surface area contributed by atoms with Crippen LogP contribution in [0.25, 0.3) is 0 Å². The summed E-state index contributed by atoms with van der Waals surface area (Å²) in [6.45, 7) is 0. The van der Waals surface area contributed by atoms with Crippen molar-refractivity contribution < 1.29 is 4.57 Å². The smallest absolute Gasteiger partial charge is 0.191 e. The van der Waals surface area contributed by atoms with Gasteiger partial charge in [-0.2, -0.15) is 4.57 Å². The van der Waals surface area contributed by atoms with E-state index in [-0.39, 0.29) is 12.4 Å². The lowest BCUT2D eigenvalue weighted by Crippen LogP contribution is -2.27. The van der Waals surface area contributed by atoms with Crippen molar-refractivity contribution in [2.75, 3.05) is 0 Å². The second-order valence-electron chi connectivity index (χ2n) is 1.63. The van der Waals surface area contributed by atoms with Crippen LogP contribution in [-0.4, -0.2) is 0 Å². The molecule has 3 heteroatoms. The Hall–Kier alpha value is -0.270. The first-order chi connectivity index (χ1) is 3.80. The number of nitrogens with zero attached hydrogens (tertiary/aromatic N) is 1. The molecule has 0 amide bonds. The van der Waals surface area contributed by atoms with Gasteiger partial charge < -0.3 is 0 Å². The van der Waals surface area contributed by atoms with Crippen molar-refractivity contribution in [1.29, 1.82) is 0 Å². The molecule has 0 atom stereocenters. The lowest BCUT2D eigenvalue weighted by molar-refractivity contribution is -0.669. The van der Waals surface area contributed by atoms with Crippen molar-refractivity contribution >= 4 is 24.0 Å². The van der Waals surface area contributed by atoms with Crippen molar-refractivity contribution in [1.82, 2.24) is 0 Å². The minimum absolute atomic E-state index is 0. The lowest BCUT2D eigenvalue weighted by atomic mass is 10.5. The molecule has 1 nitrogen and oxygen atoms in total. The van der Waals surface area contributed by atoms with E-state index in [9.17, 15) is 0 Å². The van der Waals surface area contributed by atoms with Crippen molar-refractivity contribution in [3.8, 4) is 0 Å². The predicted molar refractivity (Wildman–Crippen MR) is 39.9 cm³/mol. The summed E-state index contributed by atoms with van der Waals surface area (Å²) in [5.74, 6) is 0. The Morgan fingerprint density at radius 1 is 1.44 bits per heavy atom. The fraction of sp³-hybridized carbons (Fsp3) is 0.167. The molecule has 0 aliphatic rings. The molecule has 0 bridgehead atoms. The van der Waals surface area contributed by atoms with Crippen LogP contribution in [0.3, 0.4) is 0 Å². The molecule has 0 fully saturated rings. The quantitative estimate of drug-likeness (QED) is 0.406. The monoisotopic (exact) mass is 164 g/mol. The fourth-order valence-electron chi connectivity index (χ4n) is 0.503. The molecule has 0 saturated carbocycles. The molecule has 0 aromatic carbocycles. The Morgan fingerprint density at radius 3 is 2.44 bits per heavy atom. The molecule has 0 spiro atoms. The van der Waals surface area contributed by atoms with Crippen LogP contribution in [0.4, 0.5) is 0 Å². The zero-order valence-corrected chi connectivity index (χ0v) is 6.62. The highest BCUT2D eigenvalue weighted by molar-refractivity contribution is 6.28. The molecule has 0 unspecified atom stereocenters. The SMILES string of the molecule is C[n+]1ccccc1Cl.Cl. The summed E-state index contributed by atoms with van der Waals surface area (Å²) in [5.41, 5.74) is 0. The largest absolute Gasteiger partial charge is 0.274 e. The van der Waals surface area contributed by atoms with Gasteiger partial charge in [-0.3, -0.25) is 0 Å². The zero-order chi connectivity index (χ0) is 5.98. The van der Waals surface area contributed by atoms with Crippen molar-refractivity contribution in [2.24, 2.45) is 7.05 Å². The normalized spacial score (nSPS) is 8.22. The highest BCUT2D eigenvalue weighted by Gasteiger charge is 1.94. The van der Waals surface area contributed by atoms with E-state index in [1.807, 2.05) is 36.0 Å². The van der Waals surface area contributed by atoms with E-state index in [4.69, 9.17) is 11.6 Å². The number of hydrogen-bond donors (Lipinski definition) is 0. The van der Waals surface area contributed by atoms with E-state index < -0.39 is 0 Å². The number of halogens is 2. The first kappa shape index (κ1) is 8.73. The lowest BCUT2D eigenvalue weighted by Gasteiger charge is -1.84. The van der Waals surface area contributed by atoms with Crippen LogP contribution in [-0.2, 0) is 7.05 Å². The van der Waals surface area contributed by atoms with E-state index in [0.717, 1.165) is 5.15 Å². The van der Waals surface area contributed by atoms with Gasteiger partial charge in [0.1, 0.15) is 7.05 Å². The minimum Gasteiger partial charge on any atom is -0.191 e. The van der Waals surface area contributed by atoms with Gasteiger partial charge in [0, 0.05) is 12.1 Å². The topological polar surface area (TPSA) is 3.88 Å². The molecular weight excluding hydrogens is 157 g/mol. The molecular formula is C6H8Cl2N+. The van der Waals surface area contributed by atoms with Crippen molar-refractivity contribution in [3.63, 3.8) is 0 Å². The van der Waals surface area contributed by atoms with Gasteiger partial charge in [0.05, 0.1) is 0 Å². The number of aromatic nitrogens is 1. The van der Waals surface area contributed by atoms with Gasteiger partial charge >= 0.3 is 0 Å². The van der Waals surface area contributed by atoms with Gasteiger partial charge in [0.2, 0.25) is 0 Å². The fourth-order valence-corrected chi connectivity index (χ4v) is 0.632. The third-order valence-electron chi connectivity index (χ3n) is 0.991. The maximum absolute atomic E-state index is 5.67. The summed E-state index contributed by atoms with van der Waals surface area (Å²) in [4.78, 5) is 0. The summed E-state index contributed by atoms with van der Waals surface area (Å²) in [6.07, 6.45) is 1.91. The predicted octanol–water partition coefficient (Wildman–Crippen LogP) is 1.59. The zero-order valence-electron chi connectivity index (χ0n) is 5.04. The molecule has 0 aliphatic carbocycles. The van der Waals surface area contributed by atoms with Crippen LogP contribution < -0.4 is 4.57 Å². The molecule has 0 N–H and O–H groups in total. The maximum atomic E-state index is 5.67. The summed E-state index contributed by atoms with van der Waals surface area (Å²) in [6, 6.07) is 5.69. The molecule has 1 rings (SSSR count).